The van der Waals surface area contributed by atoms with Crippen LogP contribution in [0.3, 0.4) is 0 Å². The summed E-state index contributed by atoms with van der Waals surface area (Å²) in [5.74, 6) is -1.57. The van der Waals surface area contributed by atoms with Crippen molar-refractivity contribution in [3.63, 3.8) is 0 Å². The molecule has 0 aromatic heterocycles. The molecule has 146 valence electrons. The maximum atomic E-state index is 12.9. The van der Waals surface area contributed by atoms with Gasteiger partial charge in [0.1, 0.15) is 11.5 Å². The molecule has 2 N–H and O–H groups in total. The van der Waals surface area contributed by atoms with Gasteiger partial charge < -0.3 is 4.90 Å². The fraction of sp³-hybridized carbons (Fsp3) is 0.263. The van der Waals surface area contributed by atoms with Crippen molar-refractivity contribution >= 4 is 23.2 Å². The van der Waals surface area contributed by atoms with Gasteiger partial charge in [-0.3, -0.25) is 30.6 Å². The Morgan fingerprint density at radius 2 is 1.75 bits per heavy atom. The Bertz CT molecular complexity index is 895. The highest BCUT2D eigenvalue weighted by molar-refractivity contribution is 5.97. The quantitative estimate of drug-likeness (QED) is 0.606. The number of amides is 2. The number of benzene rings is 2. The van der Waals surface area contributed by atoms with Crippen LogP contribution in [0.4, 0.5) is 15.8 Å². The molecule has 0 spiro atoms. The fourth-order valence-electron chi connectivity index (χ4n) is 3.07. The largest absolute Gasteiger partial charge is 0.366 e. The van der Waals surface area contributed by atoms with E-state index in [-0.39, 0.29) is 17.7 Å². The lowest BCUT2D eigenvalue weighted by Gasteiger charge is -2.17. The van der Waals surface area contributed by atoms with E-state index in [0.717, 1.165) is 25.9 Å². The standard InChI is InChI=1S/C19H19FN4O4/c20-15-6-3-13(4-7-15)11-18(25)21-22-19(26)14-5-8-16(17(12-14)24(27)28)23-9-1-2-10-23/h3-8,12H,1-2,9-11H2,(H,21,25)(H,22,26). The highest BCUT2D eigenvalue weighted by atomic mass is 19.1. The highest BCUT2D eigenvalue weighted by Crippen LogP contribution is 2.31. The van der Waals surface area contributed by atoms with Crippen molar-refractivity contribution in [2.24, 2.45) is 0 Å². The third kappa shape index (κ3) is 4.61. The van der Waals surface area contributed by atoms with E-state index in [1.807, 2.05) is 4.90 Å². The monoisotopic (exact) mass is 386 g/mol. The summed E-state index contributed by atoms with van der Waals surface area (Å²) in [6, 6.07) is 9.66. The van der Waals surface area contributed by atoms with Crippen LogP contribution in [0.5, 0.6) is 0 Å². The summed E-state index contributed by atoms with van der Waals surface area (Å²) in [5.41, 5.74) is 5.47. The zero-order valence-corrected chi connectivity index (χ0v) is 15.0. The average molecular weight is 386 g/mol. The number of nitrogens with zero attached hydrogens (tertiary/aromatic N) is 2. The molecule has 2 aromatic rings. The Hall–Kier alpha value is -3.49. The molecule has 0 saturated carbocycles. The number of carbonyl (C=O) groups is 2. The molecule has 2 aromatic carbocycles. The van der Waals surface area contributed by atoms with Gasteiger partial charge >= 0.3 is 0 Å². The molecule has 28 heavy (non-hydrogen) atoms. The van der Waals surface area contributed by atoms with E-state index in [2.05, 4.69) is 10.9 Å². The summed E-state index contributed by atoms with van der Waals surface area (Å²) < 4.78 is 12.9. The Labute approximate surface area is 160 Å². The highest BCUT2D eigenvalue weighted by Gasteiger charge is 2.24. The molecular weight excluding hydrogens is 367 g/mol. The first kappa shape index (κ1) is 19.3. The second kappa shape index (κ2) is 8.47. The van der Waals surface area contributed by atoms with E-state index < -0.39 is 22.6 Å². The van der Waals surface area contributed by atoms with Crippen LogP contribution in [0.2, 0.25) is 0 Å². The minimum atomic E-state index is -0.663. The molecule has 1 saturated heterocycles. The van der Waals surface area contributed by atoms with E-state index in [4.69, 9.17) is 0 Å². The third-order valence-electron chi connectivity index (χ3n) is 4.47. The summed E-state index contributed by atoms with van der Waals surface area (Å²) in [7, 11) is 0. The lowest BCUT2D eigenvalue weighted by atomic mass is 10.1. The predicted octanol–water partition coefficient (Wildman–Crippen LogP) is 2.34. The van der Waals surface area contributed by atoms with Crippen molar-refractivity contribution < 1.29 is 18.9 Å². The van der Waals surface area contributed by atoms with Crippen molar-refractivity contribution in [1.29, 1.82) is 0 Å². The number of carbonyl (C=O) groups excluding carboxylic acids is 2. The lowest BCUT2D eigenvalue weighted by Crippen LogP contribution is -2.42. The normalized spacial score (nSPS) is 13.2. The minimum absolute atomic E-state index is 0.0470. The van der Waals surface area contributed by atoms with Crippen LogP contribution in [0, 0.1) is 15.9 Å². The SMILES string of the molecule is O=C(Cc1ccc(F)cc1)NNC(=O)c1ccc(N2CCCC2)c([N+](=O)[O-])c1. The summed E-state index contributed by atoms with van der Waals surface area (Å²) in [5, 5.41) is 11.4. The smallest absolute Gasteiger partial charge is 0.293 e. The van der Waals surface area contributed by atoms with Gasteiger partial charge in [-0.1, -0.05) is 12.1 Å². The van der Waals surface area contributed by atoms with Crippen molar-refractivity contribution in [3.05, 3.63) is 69.5 Å². The maximum Gasteiger partial charge on any atom is 0.293 e. The molecule has 8 nitrogen and oxygen atoms in total. The number of nitro benzene ring substituents is 1. The second-order valence-electron chi connectivity index (χ2n) is 6.46. The molecule has 1 fully saturated rings. The molecule has 0 aliphatic carbocycles. The molecule has 0 unspecified atom stereocenters. The van der Waals surface area contributed by atoms with Crippen molar-refractivity contribution in [1.82, 2.24) is 10.9 Å². The molecule has 0 atom stereocenters. The molecular formula is C19H19FN4O4. The molecule has 0 bridgehead atoms. The van der Waals surface area contributed by atoms with E-state index in [9.17, 15) is 24.1 Å². The van der Waals surface area contributed by atoms with Crippen LogP contribution in [-0.4, -0.2) is 29.8 Å². The van der Waals surface area contributed by atoms with E-state index in [1.165, 1.54) is 36.4 Å². The first-order valence-corrected chi connectivity index (χ1v) is 8.81. The van der Waals surface area contributed by atoms with Gasteiger partial charge in [-0.2, -0.15) is 0 Å². The Kier molecular flexibility index (Phi) is 5.83. The fourth-order valence-corrected chi connectivity index (χ4v) is 3.07. The van der Waals surface area contributed by atoms with Gasteiger partial charge in [0.05, 0.1) is 11.3 Å². The van der Waals surface area contributed by atoms with E-state index >= 15 is 0 Å². The van der Waals surface area contributed by atoms with Gasteiger partial charge in [0.25, 0.3) is 11.6 Å². The summed E-state index contributed by atoms with van der Waals surface area (Å²) in [4.78, 5) is 36.9. The van der Waals surface area contributed by atoms with Crippen LogP contribution in [0.25, 0.3) is 0 Å². The van der Waals surface area contributed by atoms with Gasteiger partial charge in [0.2, 0.25) is 5.91 Å². The molecule has 9 heteroatoms. The van der Waals surface area contributed by atoms with Crippen molar-refractivity contribution in [2.75, 3.05) is 18.0 Å². The first-order valence-electron chi connectivity index (χ1n) is 8.81. The summed E-state index contributed by atoms with van der Waals surface area (Å²) >= 11 is 0. The van der Waals surface area contributed by atoms with Crippen molar-refractivity contribution in [3.8, 4) is 0 Å². The number of nitro groups is 1. The van der Waals surface area contributed by atoms with Gasteiger partial charge in [-0.25, -0.2) is 4.39 Å². The van der Waals surface area contributed by atoms with E-state index in [0.29, 0.717) is 11.3 Å². The second-order valence-corrected chi connectivity index (χ2v) is 6.46. The van der Waals surface area contributed by atoms with Crippen LogP contribution in [-0.2, 0) is 11.2 Å². The van der Waals surface area contributed by atoms with Gasteiger partial charge in [0, 0.05) is 24.7 Å². The minimum Gasteiger partial charge on any atom is -0.366 e. The molecule has 1 heterocycles. The summed E-state index contributed by atoms with van der Waals surface area (Å²) in [6.45, 7) is 1.48. The van der Waals surface area contributed by atoms with Gasteiger partial charge in [0.15, 0.2) is 0 Å². The molecule has 1 aliphatic heterocycles. The van der Waals surface area contributed by atoms with Gasteiger partial charge in [-0.15, -0.1) is 0 Å². The van der Waals surface area contributed by atoms with Crippen molar-refractivity contribution in [2.45, 2.75) is 19.3 Å². The summed E-state index contributed by atoms with van der Waals surface area (Å²) in [6.07, 6.45) is 1.90. The average Bonchev–Trinajstić information content (AvgIpc) is 3.22. The Morgan fingerprint density at radius 1 is 1.07 bits per heavy atom. The van der Waals surface area contributed by atoms with Crippen LogP contribution in [0.15, 0.2) is 42.5 Å². The van der Waals surface area contributed by atoms with Crippen LogP contribution in [0.1, 0.15) is 28.8 Å². The molecule has 2 amide bonds. The maximum absolute atomic E-state index is 12.9. The van der Waals surface area contributed by atoms with Crippen LogP contribution >= 0.6 is 0 Å². The molecule has 1 aliphatic rings. The predicted molar refractivity (Wildman–Crippen MR) is 100 cm³/mol. The Balaban J connectivity index is 1.63. The number of hydrogen-bond donors (Lipinski definition) is 2. The number of hydrazine groups is 1. The number of nitrogens with one attached hydrogen (secondary N) is 2. The number of halogens is 1. The Morgan fingerprint density at radius 3 is 2.39 bits per heavy atom. The lowest BCUT2D eigenvalue weighted by molar-refractivity contribution is -0.384. The molecule has 0 radical (unpaired) electrons. The molecule has 3 rings (SSSR count). The first-order chi connectivity index (χ1) is 13.4. The van der Waals surface area contributed by atoms with Gasteiger partial charge in [-0.05, 0) is 42.7 Å². The number of rotatable bonds is 5. The zero-order chi connectivity index (χ0) is 20.1. The van der Waals surface area contributed by atoms with Crippen LogP contribution < -0.4 is 15.8 Å². The number of anilines is 1. The zero-order valence-electron chi connectivity index (χ0n) is 15.0. The number of hydrogen-bond acceptors (Lipinski definition) is 5. The third-order valence-corrected chi connectivity index (χ3v) is 4.47. The topological polar surface area (TPSA) is 105 Å². The van der Waals surface area contributed by atoms with E-state index in [1.54, 1.807) is 6.07 Å².